The first-order valence-electron chi connectivity index (χ1n) is 11.3. The molecule has 1 aliphatic heterocycles. The number of ether oxygens (including phenoxy) is 1. The number of para-hydroxylation sites is 2. The average molecular weight is 484 g/mol. The van der Waals surface area contributed by atoms with E-state index in [0.29, 0.717) is 41.4 Å². The van der Waals surface area contributed by atoms with E-state index in [1.807, 2.05) is 11.0 Å². The van der Waals surface area contributed by atoms with Crippen LogP contribution < -0.4 is 15.0 Å². The number of imidazole rings is 1. The van der Waals surface area contributed by atoms with Gasteiger partial charge in [0.15, 0.2) is 0 Å². The van der Waals surface area contributed by atoms with Crippen LogP contribution in [0.4, 0.5) is 15.9 Å². The molecule has 4 aromatic heterocycles. The van der Waals surface area contributed by atoms with E-state index < -0.39 is 11.9 Å². The molecule has 10 nitrogen and oxygen atoms in total. The highest BCUT2D eigenvalue weighted by Gasteiger charge is 2.34. The Morgan fingerprint density at radius 3 is 2.86 bits per heavy atom. The molecule has 1 aromatic carbocycles. The molecule has 6 rings (SSSR count). The Hall–Kier alpha value is -4.80. The summed E-state index contributed by atoms with van der Waals surface area (Å²) < 4.78 is 21.2. The first kappa shape index (κ1) is 21.7. The molecule has 2 N–H and O–H groups in total. The summed E-state index contributed by atoms with van der Waals surface area (Å²) in [5, 5.41) is 7.42. The van der Waals surface area contributed by atoms with Crippen LogP contribution in [0.5, 0.6) is 5.75 Å². The summed E-state index contributed by atoms with van der Waals surface area (Å²) >= 11 is 0. The molecule has 1 amide bonds. The van der Waals surface area contributed by atoms with Crippen molar-refractivity contribution in [1.29, 1.82) is 0 Å². The number of amides is 1. The minimum atomic E-state index is -0.404. The maximum atomic E-state index is 14.4. The Kier molecular flexibility index (Phi) is 5.29. The molecule has 0 spiro atoms. The highest BCUT2D eigenvalue weighted by atomic mass is 19.1. The minimum absolute atomic E-state index is 0.161. The third-order valence-corrected chi connectivity index (χ3v) is 6.19. The van der Waals surface area contributed by atoms with Crippen LogP contribution in [0.3, 0.4) is 0 Å². The summed E-state index contributed by atoms with van der Waals surface area (Å²) in [4.78, 5) is 31.4. The van der Waals surface area contributed by atoms with E-state index in [1.165, 1.54) is 23.9 Å². The number of H-pyrrole nitrogens is 1. The molecule has 0 aliphatic carbocycles. The van der Waals surface area contributed by atoms with Gasteiger partial charge in [0.25, 0.3) is 5.91 Å². The lowest BCUT2D eigenvalue weighted by Crippen LogP contribution is -2.37. The van der Waals surface area contributed by atoms with Crippen LogP contribution in [0.15, 0.2) is 67.4 Å². The van der Waals surface area contributed by atoms with Crippen molar-refractivity contribution in [3.63, 3.8) is 0 Å². The van der Waals surface area contributed by atoms with Gasteiger partial charge in [-0.3, -0.25) is 4.79 Å². The molecule has 36 heavy (non-hydrogen) atoms. The number of hydrogen-bond donors (Lipinski definition) is 2. The molecule has 11 heteroatoms. The topological polar surface area (TPSA) is 113 Å². The quantitative estimate of drug-likeness (QED) is 0.393. The zero-order valence-electron chi connectivity index (χ0n) is 19.2. The van der Waals surface area contributed by atoms with Gasteiger partial charge in [0, 0.05) is 24.9 Å². The summed E-state index contributed by atoms with van der Waals surface area (Å²) in [5.41, 5.74) is 3.50. The van der Waals surface area contributed by atoms with Gasteiger partial charge in [-0.2, -0.15) is 5.10 Å². The Balaban J connectivity index is 1.32. The van der Waals surface area contributed by atoms with Crippen LogP contribution in [0, 0.1) is 5.82 Å². The van der Waals surface area contributed by atoms with Crippen molar-refractivity contribution >= 4 is 22.9 Å². The first-order chi connectivity index (χ1) is 17.6. The fraction of sp³-hybridized carbons (Fsp3) is 0.160. The number of benzene rings is 1. The van der Waals surface area contributed by atoms with Gasteiger partial charge in [-0.05, 0) is 30.3 Å². The molecule has 0 bridgehead atoms. The number of fused-ring (bicyclic) bond motifs is 2. The number of nitrogens with one attached hydrogen (secondary N) is 2. The van der Waals surface area contributed by atoms with Crippen LogP contribution in [0.25, 0.3) is 5.52 Å². The lowest BCUT2D eigenvalue weighted by Gasteiger charge is -2.34. The number of carbonyl (C=O) groups is 1. The molecule has 0 fully saturated rings. The van der Waals surface area contributed by atoms with E-state index in [0.717, 1.165) is 11.4 Å². The van der Waals surface area contributed by atoms with Gasteiger partial charge >= 0.3 is 0 Å². The molecule has 0 saturated heterocycles. The molecule has 1 atom stereocenters. The van der Waals surface area contributed by atoms with Crippen LogP contribution in [-0.2, 0) is 6.42 Å². The number of rotatable bonds is 5. The van der Waals surface area contributed by atoms with E-state index in [4.69, 9.17) is 4.74 Å². The van der Waals surface area contributed by atoms with Crippen molar-refractivity contribution < 1.29 is 13.9 Å². The summed E-state index contributed by atoms with van der Waals surface area (Å²) in [6.07, 6.45) is 7.05. The molecule has 0 radical (unpaired) electrons. The van der Waals surface area contributed by atoms with Crippen LogP contribution >= 0.6 is 0 Å². The molecule has 5 aromatic rings. The van der Waals surface area contributed by atoms with Crippen molar-refractivity contribution in [2.45, 2.75) is 12.5 Å². The van der Waals surface area contributed by atoms with E-state index in [2.05, 4.69) is 30.4 Å². The Bertz CT molecular complexity index is 1560. The number of halogens is 1. The molecule has 0 unspecified atom stereocenters. The van der Waals surface area contributed by atoms with Crippen molar-refractivity contribution in [2.24, 2.45) is 0 Å². The van der Waals surface area contributed by atoms with Crippen molar-refractivity contribution in [3.8, 4) is 5.75 Å². The number of aromatic amines is 1. The number of anilines is 2. The van der Waals surface area contributed by atoms with Gasteiger partial charge in [-0.25, -0.2) is 23.9 Å². The molecule has 180 valence electrons. The van der Waals surface area contributed by atoms with E-state index >= 15 is 0 Å². The number of hydrogen-bond acceptors (Lipinski definition) is 7. The summed E-state index contributed by atoms with van der Waals surface area (Å²) in [6, 6.07) is 11.5. The second kappa shape index (κ2) is 8.77. The molecule has 0 saturated carbocycles. The molecular weight excluding hydrogens is 463 g/mol. The van der Waals surface area contributed by atoms with Crippen LogP contribution in [-0.4, -0.2) is 49.1 Å². The van der Waals surface area contributed by atoms with E-state index in [1.54, 1.807) is 49.1 Å². The Morgan fingerprint density at radius 2 is 2.06 bits per heavy atom. The lowest BCUT2D eigenvalue weighted by atomic mass is 10.00. The molecular formula is C25H21FN8O2. The number of methoxy groups -OCH3 is 1. The highest BCUT2D eigenvalue weighted by molar-refractivity contribution is 6.03. The van der Waals surface area contributed by atoms with Gasteiger partial charge in [0.05, 0.1) is 42.9 Å². The van der Waals surface area contributed by atoms with Gasteiger partial charge in [0.2, 0.25) is 0 Å². The lowest BCUT2D eigenvalue weighted by molar-refractivity contribution is 0.102. The SMILES string of the molecule is COc1ccccc1NC(=O)c1cnc(N2CCc3[nH]cnc3[C@H]2c2cc3c(F)cccn3n2)cn1. The zero-order valence-corrected chi connectivity index (χ0v) is 19.2. The zero-order chi connectivity index (χ0) is 24.6. The first-order valence-corrected chi connectivity index (χ1v) is 11.3. The average Bonchev–Trinajstić information content (AvgIpc) is 3.56. The summed E-state index contributed by atoms with van der Waals surface area (Å²) in [7, 11) is 1.54. The predicted molar refractivity (Wildman–Crippen MR) is 130 cm³/mol. The summed E-state index contributed by atoms with van der Waals surface area (Å²) in [5.74, 6) is 0.343. The molecule has 1 aliphatic rings. The van der Waals surface area contributed by atoms with E-state index in [-0.39, 0.29) is 11.5 Å². The van der Waals surface area contributed by atoms with Gasteiger partial charge in [-0.1, -0.05) is 12.1 Å². The second-order valence-corrected chi connectivity index (χ2v) is 8.28. The number of pyridine rings is 1. The van der Waals surface area contributed by atoms with Gasteiger partial charge in [0.1, 0.15) is 34.6 Å². The number of nitrogens with zero attached hydrogens (tertiary/aromatic N) is 6. The largest absolute Gasteiger partial charge is 0.495 e. The minimum Gasteiger partial charge on any atom is -0.495 e. The fourth-order valence-electron chi connectivity index (χ4n) is 4.48. The third-order valence-electron chi connectivity index (χ3n) is 6.19. The van der Waals surface area contributed by atoms with Crippen LogP contribution in [0.2, 0.25) is 0 Å². The maximum Gasteiger partial charge on any atom is 0.275 e. The van der Waals surface area contributed by atoms with Crippen LogP contribution in [0.1, 0.15) is 33.6 Å². The van der Waals surface area contributed by atoms with E-state index in [9.17, 15) is 9.18 Å². The second-order valence-electron chi connectivity index (χ2n) is 8.28. The number of aromatic nitrogens is 6. The normalized spacial score (nSPS) is 15.1. The monoisotopic (exact) mass is 484 g/mol. The predicted octanol–water partition coefficient (Wildman–Crippen LogP) is 3.40. The smallest absolute Gasteiger partial charge is 0.275 e. The fourth-order valence-corrected chi connectivity index (χ4v) is 4.48. The Labute approximate surface area is 204 Å². The third kappa shape index (κ3) is 3.70. The number of carbonyl (C=O) groups excluding carboxylic acids is 1. The van der Waals surface area contributed by atoms with Crippen molar-refractivity contribution in [2.75, 3.05) is 23.9 Å². The maximum absolute atomic E-state index is 14.4. The molecule has 5 heterocycles. The van der Waals surface area contributed by atoms with Gasteiger partial charge in [-0.15, -0.1) is 0 Å². The standard InChI is InChI=1S/C25H21FN8O2/c1-36-21-7-3-2-6-16(21)31-25(35)19-12-28-22(13-27-19)33-10-8-17-23(30-14-29-17)24(33)18-11-20-15(26)5-4-9-34(20)32-18/h2-7,9,11-14,24H,8,10H2,1H3,(H,29,30)(H,31,35)/t24-/m1/s1. The summed E-state index contributed by atoms with van der Waals surface area (Å²) in [6.45, 7) is 0.609. The van der Waals surface area contributed by atoms with Gasteiger partial charge < -0.3 is 19.9 Å². The van der Waals surface area contributed by atoms with Crippen molar-refractivity contribution in [3.05, 3.63) is 96.0 Å². The Morgan fingerprint density at radius 1 is 1.17 bits per heavy atom. The van der Waals surface area contributed by atoms with Crippen molar-refractivity contribution in [1.82, 2.24) is 29.5 Å². The highest BCUT2D eigenvalue weighted by Crippen LogP contribution is 2.36.